The average molecular weight is 399 g/mol. The van der Waals surface area contributed by atoms with E-state index in [4.69, 9.17) is 11.6 Å². The number of carbonyl (C=O) groups is 1. The van der Waals surface area contributed by atoms with E-state index in [0.29, 0.717) is 16.1 Å². The van der Waals surface area contributed by atoms with Gasteiger partial charge in [-0.15, -0.1) is 0 Å². The van der Waals surface area contributed by atoms with Gasteiger partial charge in [-0.25, -0.2) is 0 Å². The molecule has 0 spiro atoms. The van der Waals surface area contributed by atoms with E-state index in [-0.39, 0.29) is 11.2 Å². The van der Waals surface area contributed by atoms with Crippen LogP contribution in [-0.2, 0) is 5.41 Å². The van der Waals surface area contributed by atoms with Gasteiger partial charge in [0.05, 0.1) is 0 Å². The van der Waals surface area contributed by atoms with E-state index in [9.17, 15) is 4.79 Å². The average Bonchev–Trinajstić information content (AvgIpc) is 2.40. The fourth-order valence-electron chi connectivity index (χ4n) is 1.95. The van der Waals surface area contributed by atoms with E-state index in [2.05, 4.69) is 43.4 Å². The highest BCUT2D eigenvalue weighted by Gasteiger charge is 2.16. The summed E-state index contributed by atoms with van der Waals surface area (Å²) in [5.74, 6) is 0.0114. The third kappa shape index (κ3) is 3.41. The van der Waals surface area contributed by atoms with Crippen LogP contribution in [0.4, 0.5) is 0 Å². The Hall–Kier alpha value is -0.870. The summed E-state index contributed by atoms with van der Waals surface area (Å²) in [7, 11) is 0. The van der Waals surface area contributed by atoms with Gasteiger partial charge < -0.3 is 0 Å². The largest absolute Gasteiger partial charge is 0.289 e. The Morgan fingerprint density at radius 1 is 1.05 bits per heavy atom. The lowest BCUT2D eigenvalue weighted by atomic mass is 9.86. The smallest absolute Gasteiger partial charge is 0.194 e. The highest BCUT2D eigenvalue weighted by Crippen LogP contribution is 2.24. The molecule has 2 aromatic carbocycles. The normalized spacial score (nSPS) is 11.4. The van der Waals surface area contributed by atoms with Crippen molar-refractivity contribution in [2.45, 2.75) is 26.2 Å². The van der Waals surface area contributed by atoms with Gasteiger partial charge in [-0.2, -0.15) is 0 Å². The van der Waals surface area contributed by atoms with Crippen LogP contribution in [0.1, 0.15) is 42.3 Å². The lowest BCUT2D eigenvalue weighted by Gasteiger charge is -2.19. The van der Waals surface area contributed by atoms with Crippen molar-refractivity contribution in [3.8, 4) is 0 Å². The number of ketones is 1. The van der Waals surface area contributed by atoms with Crippen LogP contribution in [0.2, 0.25) is 5.02 Å². The Labute approximate surface area is 138 Å². The Balaban J connectivity index is 2.37. The first-order valence-electron chi connectivity index (χ1n) is 6.39. The Bertz CT molecular complexity index is 639. The van der Waals surface area contributed by atoms with Crippen LogP contribution in [-0.4, -0.2) is 5.78 Å². The van der Waals surface area contributed by atoms with Gasteiger partial charge >= 0.3 is 0 Å². The lowest BCUT2D eigenvalue weighted by Crippen LogP contribution is -2.11. The van der Waals surface area contributed by atoms with Crippen molar-refractivity contribution in [2.24, 2.45) is 0 Å². The maximum Gasteiger partial charge on any atom is 0.194 e. The van der Waals surface area contributed by atoms with Crippen molar-refractivity contribution < 1.29 is 4.79 Å². The zero-order valence-corrected chi connectivity index (χ0v) is 14.6. The molecule has 20 heavy (non-hydrogen) atoms. The van der Waals surface area contributed by atoms with Gasteiger partial charge in [-0.05, 0) is 51.8 Å². The molecule has 0 saturated carbocycles. The van der Waals surface area contributed by atoms with Crippen molar-refractivity contribution in [1.82, 2.24) is 0 Å². The van der Waals surface area contributed by atoms with Crippen molar-refractivity contribution in [3.63, 3.8) is 0 Å². The second-order valence-electron chi connectivity index (χ2n) is 5.78. The molecule has 0 N–H and O–H groups in total. The van der Waals surface area contributed by atoms with Crippen LogP contribution in [0.5, 0.6) is 0 Å². The molecule has 2 aromatic rings. The molecule has 2 rings (SSSR count). The first-order valence-corrected chi connectivity index (χ1v) is 7.85. The van der Waals surface area contributed by atoms with Crippen LogP contribution in [0.25, 0.3) is 0 Å². The summed E-state index contributed by atoms with van der Waals surface area (Å²) in [6.45, 7) is 6.47. The first-order chi connectivity index (χ1) is 9.29. The molecule has 0 amide bonds. The molecule has 0 heterocycles. The van der Waals surface area contributed by atoms with Gasteiger partial charge in [-0.3, -0.25) is 4.79 Å². The molecular formula is C17H16ClIO. The van der Waals surface area contributed by atoms with E-state index < -0.39 is 0 Å². The first kappa shape index (κ1) is 15.5. The highest BCUT2D eigenvalue weighted by molar-refractivity contribution is 14.1. The molecule has 0 aromatic heterocycles. The topological polar surface area (TPSA) is 17.1 Å². The minimum atomic E-state index is 0.0114. The molecule has 104 valence electrons. The van der Waals surface area contributed by atoms with Gasteiger partial charge in [0, 0.05) is 19.7 Å². The second-order valence-corrected chi connectivity index (χ2v) is 7.38. The van der Waals surface area contributed by atoms with Crippen molar-refractivity contribution >= 4 is 40.0 Å². The summed E-state index contributed by atoms with van der Waals surface area (Å²) in [5, 5.41) is 0.583. The molecule has 0 aliphatic carbocycles. The third-order valence-corrected chi connectivity index (χ3v) is 4.36. The predicted molar refractivity (Wildman–Crippen MR) is 92.7 cm³/mol. The second kappa shape index (κ2) is 5.86. The molecule has 0 bridgehead atoms. The summed E-state index contributed by atoms with van der Waals surface area (Å²) in [6, 6.07) is 13.2. The van der Waals surface area contributed by atoms with Crippen molar-refractivity contribution in [2.75, 3.05) is 0 Å². The number of hydrogen-bond acceptors (Lipinski definition) is 1. The maximum absolute atomic E-state index is 12.5. The van der Waals surface area contributed by atoms with E-state index in [1.54, 1.807) is 12.1 Å². The number of carbonyl (C=O) groups excluding carboxylic acids is 1. The SMILES string of the molecule is CC(C)(C)c1ccc(C(=O)c2cc(Cl)ccc2I)cc1. The summed E-state index contributed by atoms with van der Waals surface area (Å²) in [4.78, 5) is 12.5. The van der Waals surface area contributed by atoms with E-state index in [0.717, 1.165) is 3.57 Å². The Morgan fingerprint density at radius 3 is 2.20 bits per heavy atom. The van der Waals surface area contributed by atoms with E-state index >= 15 is 0 Å². The van der Waals surface area contributed by atoms with Crippen molar-refractivity contribution in [3.05, 3.63) is 67.7 Å². The van der Waals surface area contributed by atoms with Crippen LogP contribution < -0.4 is 0 Å². The zero-order valence-electron chi connectivity index (χ0n) is 11.7. The monoisotopic (exact) mass is 398 g/mol. The molecule has 0 radical (unpaired) electrons. The molecule has 0 aliphatic heterocycles. The maximum atomic E-state index is 12.5. The van der Waals surface area contributed by atoms with Crippen LogP contribution in [0, 0.1) is 3.57 Å². The van der Waals surface area contributed by atoms with Gasteiger partial charge in [0.2, 0.25) is 0 Å². The van der Waals surface area contributed by atoms with Gasteiger partial charge in [-0.1, -0.05) is 56.6 Å². The minimum absolute atomic E-state index is 0.0114. The molecule has 0 atom stereocenters. The molecule has 1 nitrogen and oxygen atoms in total. The molecule has 0 saturated heterocycles. The standard InChI is InChI=1S/C17H16ClIO/c1-17(2,3)12-6-4-11(5-7-12)16(20)14-10-13(18)8-9-15(14)19/h4-10H,1-3H3. The van der Waals surface area contributed by atoms with Crippen molar-refractivity contribution in [1.29, 1.82) is 0 Å². The molecule has 0 fully saturated rings. The minimum Gasteiger partial charge on any atom is -0.289 e. The third-order valence-electron chi connectivity index (χ3n) is 3.19. The Kier molecular flexibility index (Phi) is 4.55. The van der Waals surface area contributed by atoms with Gasteiger partial charge in [0.25, 0.3) is 0 Å². The summed E-state index contributed by atoms with van der Waals surface area (Å²) in [5.41, 5.74) is 2.65. The predicted octanol–water partition coefficient (Wildman–Crippen LogP) is 5.47. The lowest BCUT2D eigenvalue weighted by molar-refractivity contribution is 0.103. The molecule has 0 unspecified atom stereocenters. The number of halogens is 2. The quantitative estimate of drug-likeness (QED) is 0.484. The van der Waals surface area contributed by atoms with Gasteiger partial charge in [0.1, 0.15) is 0 Å². The summed E-state index contributed by atoms with van der Waals surface area (Å²) >= 11 is 8.14. The highest BCUT2D eigenvalue weighted by atomic mass is 127. The fourth-order valence-corrected chi connectivity index (χ4v) is 2.70. The molecule has 3 heteroatoms. The number of rotatable bonds is 2. The Morgan fingerprint density at radius 2 is 1.65 bits per heavy atom. The summed E-state index contributed by atoms with van der Waals surface area (Å²) in [6.07, 6.45) is 0. The fraction of sp³-hybridized carbons (Fsp3) is 0.235. The van der Waals surface area contributed by atoms with E-state index in [1.165, 1.54) is 5.56 Å². The number of hydrogen-bond donors (Lipinski definition) is 0. The number of benzene rings is 2. The summed E-state index contributed by atoms with van der Waals surface area (Å²) < 4.78 is 0.914. The zero-order chi connectivity index (χ0) is 14.9. The molecule has 0 aliphatic rings. The van der Waals surface area contributed by atoms with E-state index in [1.807, 2.05) is 30.3 Å². The molecular weight excluding hydrogens is 383 g/mol. The van der Waals surface area contributed by atoms with Crippen LogP contribution in [0.3, 0.4) is 0 Å². The van der Waals surface area contributed by atoms with Crippen LogP contribution in [0.15, 0.2) is 42.5 Å². The van der Waals surface area contributed by atoms with Crippen LogP contribution >= 0.6 is 34.2 Å². The van der Waals surface area contributed by atoms with Gasteiger partial charge in [0.15, 0.2) is 5.78 Å².